The first-order valence-electron chi connectivity index (χ1n) is 13.6. The van der Waals surface area contributed by atoms with Gasteiger partial charge in [0.05, 0.1) is 11.8 Å². The highest BCUT2D eigenvalue weighted by molar-refractivity contribution is 14.1. The first-order valence-corrected chi connectivity index (χ1v) is 14.7. The van der Waals surface area contributed by atoms with Gasteiger partial charge in [-0.05, 0) is 118 Å². The largest absolute Gasteiger partial charge is 0.464 e. The van der Waals surface area contributed by atoms with Gasteiger partial charge in [0.15, 0.2) is 0 Å². The van der Waals surface area contributed by atoms with Crippen molar-refractivity contribution >= 4 is 34.5 Å². The maximum absolute atomic E-state index is 12.4. The maximum atomic E-state index is 12.4. The molecule has 0 saturated carbocycles. The Morgan fingerprint density at radius 1 is 0.889 bits per heavy atom. The molecule has 0 bridgehead atoms. The highest BCUT2D eigenvalue weighted by atomic mass is 127. The summed E-state index contributed by atoms with van der Waals surface area (Å²) in [4.78, 5) is 26.9. The molecule has 0 aromatic heterocycles. The minimum atomic E-state index is -0.0845. The molecule has 2 aliphatic carbocycles. The van der Waals surface area contributed by atoms with E-state index in [9.17, 15) is 9.59 Å². The van der Waals surface area contributed by atoms with Gasteiger partial charge in [0.1, 0.15) is 13.2 Å². The zero-order valence-electron chi connectivity index (χ0n) is 22.8. The molecule has 0 amide bonds. The molecule has 2 unspecified atom stereocenters. The van der Waals surface area contributed by atoms with Gasteiger partial charge >= 0.3 is 11.9 Å². The molecule has 0 aromatic carbocycles. The predicted molar refractivity (Wildman–Crippen MR) is 156 cm³/mol. The molecule has 2 aliphatic rings. The van der Waals surface area contributed by atoms with Crippen LogP contribution in [0.4, 0.5) is 0 Å². The number of carbonyl (C=O) groups is 2. The fraction of sp³-hybridized carbons (Fsp3) is 0.667. The van der Waals surface area contributed by atoms with E-state index in [0.717, 1.165) is 64.2 Å². The quantitative estimate of drug-likeness (QED) is 0.117. The summed E-state index contributed by atoms with van der Waals surface area (Å²) in [7, 11) is 1.96. The lowest BCUT2D eigenvalue weighted by Crippen LogP contribution is -2.30. The average molecular weight is 612 g/mol. The maximum Gasteiger partial charge on any atom is 0.309 e. The molecule has 5 nitrogen and oxygen atoms in total. The van der Waals surface area contributed by atoms with E-state index in [2.05, 4.69) is 67.7 Å². The van der Waals surface area contributed by atoms with Crippen LogP contribution in [0.25, 0.3) is 0 Å². The van der Waals surface area contributed by atoms with E-state index in [1.54, 1.807) is 0 Å². The van der Waals surface area contributed by atoms with E-state index < -0.39 is 0 Å². The summed E-state index contributed by atoms with van der Waals surface area (Å²) in [6.07, 6.45) is 18.7. The van der Waals surface area contributed by atoms with Crippen LogP contribution in [-0.4, -0.2) is 50.2 Å². The van der Waals surface area contributed by atoms with Gasteiger partial charge in [0, 0.05) is 13.1 Å². The third-order valence-electron chi connectivity index (χ3n) is 7.02. The lowest BCUT2D eigenvalue weighted by atomic mass is 9.88. The van der Waals surface area contributed by atoms with Crippen LogP contribution in [0, 0.1) is 11.8 Å². The van der Waals surface area contributed by atoms with Crippen LogP contribution in [-0.2, 0) is 19.1 Å². The molecule has 2 atom stereocenters. The number of likely N-dealkylation sites (N-methyl/N-ethyl adjacent to an activating group) is 1. The Balaban J connectivity index is 1.55. The average Bonchev–Trinajstić information content (AvgIpc) is 2.84. The van der Waals surface area contributed by atoms with E-state index in [0.29, 0.717) is 26.3 Å². The third-order valence-corrected chi connectivity index (χ3v) is 7.46. The lowest BCUT2D eigenvalue weighted by Gasteiger charge is -2.22. The Kier molecular flexibility index (Phi) is 14.7. The molecule has 0 N–H and O–H groups in total. The van der Waals surface area contributed by atoms with Crippen LogP contribution < -0.4 is 0 Å². The fourth-order valence-corrected chi connectivity index (χ4v) is 4.92. The van der Waals surface area contributed by atoms with Crippen molar-refractivity contribution in [1.29, 1.82) is 0 Å². The van der Waals surface area contributed by atoms with Crippen LogP contribution in [0.3, 0.4) is 0 Å². The van der Waals surface area contributed by atoms with Gasteiger partial charge in [-0.15, -0.1) is 0 Å². The van der Waals surface area contributed by atoms with Crippen LogP contribution in [0.5, 0.6) is 0 Å². The van der Waals surface area contributed by atoms with Gasteiger partial charge in [-0.2, -0.15) is 0 Å². The Morgan fingerprint density at radius 2 is 1.36 bits per heavy atom. The number of nitrogens with zero attached hydrogens (tertiary/aromatic N) is 1. The second kappa shape index (κ2) is 17.2. The Labute approximate surface area is 232 Å². The fourth-order valence-electron chi connectivity index (χ4n) is 4.61. The summed E-state index contributed by atoms with van der Waals surface area (Å²) in [5.41, 5.74) is 4.29. The number of halogens is 1. The highest BCUT2D eigenvalue weighted by Crippen LogP contribution is 2.28. The van der Waals surface area contributed by atoms with Crippen LogP contribution >= 0.6 is 22.6 Å². The minimum absolute atomic E-state index is 0.0135. The van der Waals surface area contributed by atoms with Gasteiger partial charge < -0.3 is 9.47 Å². The molecule has 0 fully saturated rings. The molecule has 0 spiro atoms. The smallest absolute Gasteiger partial charge is 0.309 e. The molecule has 0 saturated heterocycles. The van der Waals surface area contributed by atoms with E-state index >= 15 is 0 Å². The van der Waals surface area contributed by atoms with Crippen molar-refractivity contribution in [3.05, 3.63) is 44.6 Å². The molecular formula is C30H46INO4. The van der Waals surface area contributed by atoms with Gasteiger partial charge in [-0.3, -0.25) is 14.5 Å². The molecule has 6 heteroatoms. The van der Waals surface area contributed by atoms with Crippen molar-refractivity contribution in [3.8, 4) is 0 Å². The molecule has 0 radical (unpaired) electrons. The Hall–Kier alpha value is -1.41. The van der Waals surface area contributed by atoms with E-state index in [4.69, 9.17) is 9.47 Å². The SMILES string of the molecule is CC(C)=CCCC1=CCC(C(=O)OCCN(C)CCOC(=O)C2CC=C(CC/C=C(\C)I)CC2)CC1. The zero-order valence-corrected chi connectivity index (χ0v) is 25.0. The highest BCUT2D eigenvalue weighted by Gasteiger charge is 2.24. The van der Waals surface area contributed by atoms with Crippen molar-refractivity contribution in [2.75, 3.05) is 33.4 Å². The van der Waals surface area contributed by atoms with Crippen molar-refractivity contribution in [2.24, 2.45) is 11.8 Å². The molecule has 0 heterocycles. The normalized spacial score (nSPS) is 20.4. The van der Waals surface area contributed by atoms with Crippen LogP contribution in [0.1, 0.15) is 85.0 Å². The zero-order chi connectivity index (χ0) is 26.3. The predicted octanol–water partition coefficient (Wildman–Crippen LogP) is 7.32. The van der Waals surface area contributed by atoms with Gasteiger partial charge in [0.2, 0.25) is 0 Å². The van der Waals surface area contributed by atoms with Crippen molar-refractivity contribution in [1.82, 2.24) is 4.90 Å². The van der Waals surface area contributed by atoms with Gasteiger partial charge in [-0.25, -0.2) is 0 Å². The van der Waals surface area contributed by atoms with Crippen LogP contribution in [0.15, 0.2) is 44.6 Å². The number of carbonyl (C=O) groups excluding carboxylic acids is 2. The van der Waals surface area contributed by atoms with Crippen molar-refractivity contribution in [3.63, 3.8) is 0 Å². The van der Waals surface area contributed by atoms with Crippen molar-refractivity contribution < 1.29 is 19.1 Å². The first kappa shape index (κ1) is 30.8. The molecule has 0 aliphatic heterocycles. The second-order valence-corrected chi connectivity index (χ2v) is 12.2. The van der Waals surface area contributed by atoms with E-state index in [-0.39, 0.29) is 23.8 Å². The second-order valence-electron chi connectivity index (χ2n) is 10.5. The number of rotatable bonds is 14. The van der Waals surface area contributed by atoms with Crippen LogP contribution in [0.2, 0.25) is 0 Å². The summed E-state index contributed by atoms with van der Waals surface area (Å²) in [6.45, 7) is 8.40. The summed E-state index contributed by atoms with van der Waals surface area (Å²) < 4.78 is 12.4. The third kappa shape index (κ3) is 12.7. The van der Waals surface area contributed by atoms with Gasteiger partial charge in [-0.1, -0.05) is 41.0 Å². The lowest BCUT2D eigenvalue weighted by molar-refractivity contribution is -0.149. The topological polar surface area (TPSA) is 55.8 Å². The molecule has 2 rings (SSSR count). The number of hydrogen-bond acceptors (Lipinski definition) is 5. The number of esters is 2. The minimum Gasteiger partial charge on any atom is -0.464 e. The summed E-state index contributed by atoms with van der Waals surface area (Å²) in [5.74, 6) is -0.196. The van der Waals surface area contributed by atoms with E-state index in [1.807, 2.05) is 11.9 Å². The summed E-state index contributed by atoms with van der Waals surface area (Å²) in [6, 6.07) is 0. The molecule has 36 heavy (non-hydrogen) atoms. The Morgan fingerprint density at radius 3 is 1.75 bits per heavy atom. The Bertz CT molecular complexity index is 766. The standard InChI is InChI=1S/C30H46INO4/c1-23(2)7-5-9-25-11-15-27(16-12-25)29(33)35-21-19-32(4)20-22-36-30(34)28-17-13-26(14-18-28)10-6-8-24(3)31/h7-8,11,13,27-28H,5-6,9-10,12,14-22H2,1-4H3/b24-8+. The number of hydrogen-bond donors (Lipinski definition) is 0. The van der Waals surface area contributed by atoms with Crippen molar-refractivity contribution in [2.45, 2.75) is 85.0 Å². The van der Waals surface area contributed by atoms with E-state index in [1.165, 1.54) is 20.3 Å². The first-order chi connectivity index (χ1) is 17.2. The number of allylic oxidation sites excluding steroid dienone is 8. The summed E-state index contributed by atoms with van der Waals surface area (Å²) in [5, 5.41) is 0. The molecule has 0 aromatic rings. The monoisotopic (exact) mass is 611 g/mol. The molecule has 202 valence electrons. The molecular weight excluding hydrogens is 565 g/mol. The number of ether oxygens (including phenoxy) is 2. The van der Waals surface area contributed by atoms with Gasteiger partial charge in [0.25, 0.3) is 0 Å². The summed E-state index contributed by atoms with van der Waals surface area (Å²) >= 11 is 2.34.